The molecule has 7 heteroatoms. The number of hydrogen-bond acceptors (Lipinski definition) is 4. The SMILES string of the molecule is CN(C)C(CNS(=O)(=O)NC1CCCC1)c1ccco1. The minimum absolute atomic E-state index is 0.0777. The average molecular weight is 301 g/mol. The van der Waals surface area contributed by atoms with E-state index in [0.29, 0.717) is 0 Å². The van der Waals surface area contributed by atoms with Crippen molar-refractivity contribution in [3.63, 3.8) is 0 Å². The maximum absolute atomic E-state index is 12.0. The smallest absolute Gasteiger partial charge is 0.277 e. The van der Waals surface area contributed by atoms with E-state index in [1.807, 2.05) is 25.1 Å². The molecule has 0 aliphatic heterocycles. The summed E-state index contributed by atoms with van der Waals surface area (Å²) in [5, 5.41) is 0. The fraction of sp³-hybridized carbons (Fsp3) is 0.692. The minimum Gasteiger partial charge on any atom is -0.468 e. The Bertz CT molecular complexity index is 493. The van der Waals surface area contributed by atoms with E-state index in [0.717, 1.165) is 31.4 Å². The third-order valence-electron chi connectivity index (χ3n) is 3.64. The van der Waals surface area contributed by atoms with Gasteiger partial charge in [0.25, 0.3) is 10.2 Å². The molecular weight excluding hydrogens is 278 g/mol. The van der Waals surface area contributed by atoms with Crippen molar-refractivity contribution in [1.29, 1.82) is 0 Å². The molecule has 1 aliphatic rings. The van der Waals surface area contributed by atoms with Crippen LogP contribution in [0.2, 0.25) is 0 Å². The number of rotatable bonds is 7. The second kappa shape index (κ2) is 6.71. The third-order valence-corrected chi connectivity index (χ3v) is 4.83. The molecule has 2 rings (SSSR count). The maximum Gasteiger partial charge on any atom is 0.277 e. The van der Waals surface area contributed by atoms with E-state index in [9.17, 15) is 8.42 Å². The standard InChI is InChI=1S/C13H23N3O3S/c1-16(2)12(13-8-5-9-19-13)10-14-20(17,18)15-11-6-3-4-7-11/h5,8-9,11-12,14-15H,3-4,6-7,10H2,1-2H3. The Labute approximate surface area is 120 Å². The topological polar surface area (TPSA) is 74.6 Å². The second-order valence-corrected chi connectivity index (χ2v) is 6.98. The first-order valence-corrected chi connectivity index (χ1v) is 8.43. The Kier molecular flexibility index (Phi) is 5.20. The molecule has 1 fully saturated rings. The van der Waals surface area contributed by atoms with Gasteiger partial charge in [0.05, 0.1) is 12.3 Å². The third kappa shape index (κ3) is 4.31. The van der Waals surface area contributed by atoms with Crippen LogP contribution in [0.25, 0.3) is 0 Å². The van der Waals surface area contributed by atoms with Gasteiger partial charge < -0.3 is 4.42 Å². The summed E-state index contributed by atoms with van der Waals surface area (Å²) in [5.74, 6) is 0.749. The van der Waals surface area contributed by atoms with Crippen molar-refractivity contribution in [3.05, 3.63) is 24.2 Å². The van der Waals surface area contributed by atoms with E-state index in [1.54, 1.807) is 12.3 Å². The van der Waals surface area contributed by atoms with Crippen LogP contribution in [-0.2, 0) is 10.2 Å². The van der Waals surface area contributed by atoms with Crippen LogP contribution in [0.1, 0.15) is 37.5 Å². The number of nitrogens with zero attached hydrogens (tertiary/aromatic N) is 1. The first-order valence-electron chi connectivity index (χ1n) is 6.95. The molecule has 1 saturated carbocycles. The Morgan fingerprint density at radius 3 is 2.65 bits per heavy atom. The summed E-state index contributed by atoms with van der Waals surface area (Å²) in [5.41, 5.74) is 0. The molecule has 1 unspecified atom stereocenters. The van der Waals surface area contributed by atoms with Gasteiger partial charge in [0.1, 0.15) is 5.76 Å². The highest BCUT2D eigenvalue weighted by molar-refractivity contribution is 7.87. The molecule has 1 aromatic heterocycles. The predicted octanol–water partition coefficient (Wildman–Crippen LogP) is 1.25. The number of likely N-dealkylation sites (N-methyl/N-ethyl adjacent to an activating group) is 1. The minimum atomic E-state index is -3.45. The highest BCUT2D eigenvalue weighted by atomic mass is 32.2. The van der Waals surface area contributed by atoms with E-state index in [2.05, 4.69) is 9.44 Å². The van der Waals surface area contributed by atoms with Crippen LogP contribution < -0.4 is 9.44 Å². The van der Waals surface area contributed by atoms with Crippen molar-refractivity contribution >= 4 is 10.2 Å². The molecular formula is C13H23N3O3S. The van der Waals surface area contributed by atoms with Crippen molar-refractivity contribution in [2.45, 2.75) is 37.8 Å². The zero-order chi connectivity index (χ0) is 14.6. The highest BCUT2D eigenvalue weighted by Crippen LogP contribution is 2.19. The van der Waals surface area contributed by atoms with E-state index in [1.165, 1.54) is 0 Å². The van der Waals surface area contributed by atoms with Crippen molar-refractivity contribution in [2.24, 2.45) is 0 Å². The van der Waals surface area contributed by atoms with E-state index in [-0.39, 0.29) is 18.6 Å². The lowest BCUT2D eigenvalue weighted by atomic mass is 10.2. The van der Waals surface area contributed by atoms with Gasteiger partial charge in [0.15, 0.2) is 0 Å². The molecule has 0 aromatic carbocycles. The van der Waals surface area contributed by atoms with Crippen LogP contribution in [0, 0.1) is 0 Å². The van der Waals surface area contributed by atoms with Crippen LogP contribution in [-0.4, -0.2) is 40.0 Å². The summed E-state index contributed by atoms with van der Waals surface area (Å²) in [4.78, 5) is 1.93. The van der Waals surface area contributed by atoms with Crippen LogP contribution in [0.5, 0.6) is 0 Å². The zero-order valence-corrected chi connectivity index (χ0v) is 12.8. The summed E-state index contributed by atoms with van der Waals surface area (Å²) in [7, 11) is 0.336. The van der Waals surface area contributed by atoms with Crippen molar-refractivity contribution in [3.8, 4) is 0 Å². The summed E-state index contributed by atoms with van der Waals surface area (Å²) in [6, 6.07) is 3.61. The molecule has 2 N–H and O–H groups in total. The zero-order valence-electron chi connectivity index (χ0n) is 12.0. The lowest BCUT2D eigenvalue weighted by Gasteiger charge is -2.23. The fourth-order valence-corrected chi connectivity index (χ4v) is 3.65. The summed E-state index contributed by atoms with van der Waals surface area (Å²) < 4.78 is 34.7. The van der Waals surface area contributed by atoms with E-state index in [4.69, 9.17) is 4.42 Å². The molecule has 1 heterocycles. The molecule has 1 atom stereocenters. The van der Waals surface area contributed by atoms with Gasteiger partial charge in [-0.2, -0.15) is 13.1 Å². The summed E-state index contributed by atoms with van der Waals surface area (Å²) >= 11 is 0. The van der Waals surface area contributed by atoms with Crippen molar-refractivity contribution < 1.29 is 12.8 Å². The molecule has 0 amide bonds. The predicted molar refractivity (Wildman–Crippen MR) is 77.5 cm³/mol. The maximum atomic E-state index is 12.0. The van der Waals surface area contributed by atoms with Gasteiger partial charge in [0.2, 0.25) is 0 Å². The Hall–Kier alpha value is -0.890. The lowest BCUT2D eigenvalue weighted by Crippen LogP contribution is -2.44. The number of furan rings is 1. The van der Waals surface area contributed by atoms with E-state index < -0.39 is 10.2 Å². The van der Waals surface area contributed by atoms with Crippen LogP contribution in [0.4, 0.5) is 0 Å². The van der Waals surface area contributed by atoms with Gasteiger partial charge in [-0.1, -0.05) is 12.8 Å². The Balaban J connectivity index is 1.91. The van der Waals surface area contributed by atoms with Gasteiger partial charge in [-0.05, 0) is 39.1 Å². The van der Waals surface area contributed by atoms with Crippen LogP contribution in [0.3, 0.4) is 0 Å². The first kappa shape index (κ1) is 15.5. The largest absolute Gasteiger partial charge is 0.468 e. The van der Waals surface area contributed by atoms with Gasteiger partial charge in [0, 0.05) is 12.6 Å². The molecule has 6 nitrogen and oxygen atoms in total. The quantitative estimate of drug-likeness (QED) is 0.795. The molecule has 1 aromatic rings. The van der Waals surface area contributed by atoms with Crippen molar-refractivity contribution in [1.82, 2.24) is 14.3 Å². The van der Waals surface area contributed by atoms with Gasteiger partial charge in [-0.15, -0.1) is 0 Å². The van der Waals surface area contributed by atoms with Crippen LogP contribution >= 0.6 is 0 Å². The van der Waals surface area contributed by atoms with Gasteiger partial charge in [-0.25, -0.2) is 4.72 Å². The van der Waals surface area contributed by atoms with Gasteiger partial charge in [-0.3, -0.25) is 4.90 Å². The second-order valence-electron chi connectivity index (χ2n) is 5.45. The fourth-order valence-electron chi connectivity index (χ4n) is 2.51. The molecule has 0 bridgehead atoms. The number of nitrogens with one attached hydrogen (secondary N) is 2. The van der Waals surface area contributed by atoms with Gasteiger partial charge >= 0.3 is 0 Å². The molecule has 0 spiro atoms. The lowest BCUT2D eigenvalue weighted by molar-refractivity contribution is 0.259. The summed E-state index contributed by atoms with van der Waals surface area (Å²) in [6.07, 6.45) is 5.64. The molecule has 114 valence electrons. The average Bonchev–Trinajstić information content (AvgIpc) is 3.01. The first-order chi connectivity index (χ1) is 9.48. The number of hydrogen-bond donors (Lipinski definition) is 2. The molecule has 1 aliphatic carbocycles. The normalized spacial score (nSPS) is 18.8. The molecule has 0 saturated heterocycles. The molecule has 0 radical (unpaired) electrons. The highest BCUT2D eigenvalue weighted by Gasteiger charge is 2.23. The molecule has 20 heavy (non-hydrogen) atoms. The monoisotopic (exact) mass is 301 g/mol. The van der Waals surface area contributed by atoms with Crippen LogP contribution in [0.15, 0.2) is 22.8 Å². The summed E-state index contributed by atoms with van der Waals surface area (Å²) in [6.45, 7) is 0.280. The Morgan fingerprint density at radius 1 is 1.40 bits per heavy atom. The van der Waals surface area contributed by atoms with Crippen molar-refractivity contribution in [2.75, 3.05) is 20.6 Å². The Morgan fingerprint density at radius 2 is 2.10 bits per heavy atom. The van der Waals surface area contributed by atoms with E-state index >= 15 is 0 Å².